The lowest BCUT2D eigenvalue weighted by Crippen LogP contribution is -2.40. The van der Waals surface area contributed by atoms with Crippen LogP contribution >= 0.6 is 11.6 Å². The highest BCUT2D eigenvalue weighted by atomic mass is 35.5. The van der Waals surface area contributed by atoms with Crippen LogP contribution in [0, 0.1) is 0 Å². The van der Waals surface area contributed by atoms with Gasteiger partial charge in [-0.2, -0.15) is 0 Å². The summed E-state index contributed by atoms with van der Waals surface area (Å²) in [6.45, 7) is 1.49. The molecule has 3 amide bonds. The molecule has 0 radical (unpaired) electrons. The molecule has 0 heterocycles. The zero-order valence-corrected chi connectivity index (χ0v) is 6.53. The summed E-state index contributed by atoms with van der Waals surface area (Å²) in [5.74, 6) is -0.499. The van der Waals surface area contributed by atoms with Crippen molar-refractivity contribution >= 4 is 23.5 Å². The fourth-order valence-corrected chi connectivity index (χ4v) is 0.328. The molecule has 0 aliphatic carbocycles. The van der Waals surface area contributed by atoms with Crippen LogP contribution < -0.4 is 10.6 Å². The fraction of sp³-hybridized carbons (Fsp3) is 0.600. The molecule has 0 aliphatic heterocycles. The third-order valence-corrected chi connectivity index (χ3v) is 1.02. The molecular formula is C5H9ClN2O2. The standard InChI is InChI=1S/C5H9ClN2O2/c1-3(6)4(9)8-5(10)7-2/h3H,1-2H3,(H2,7,8,9,10)/t3-/m1/s1. The summed E-state index contributed by atoms with van der Waals surface area (Å²) in [6, 6.07) is -0.544. The average molecular weight is 165 g/mol. The number of carbonyl (C=O) groups is 2. The third kappa shape index (κ3) is 3.29. The summed E-state index contributed by atoms with van der Waals surface area (Å²) < 4.78 is 0. The van der Waals surface area contributed by atoms with E-state index in [1.807, 2.05) is 5.32 Å². The van der Waals surface area contributed by atoms with Gasteiger partial charge >= 0.3 is 6.03 Å². The molecule has 5 heteroatoms. The fourth-order valence-electron chi connectivity index (χ4n) is 0.274. The molecule has 0 aliphatic rings. The monoisotopic (exact) mass is 164 g/mol. The largest absolute Gasteiger partial charge is 0.341 e. The minimum Gasteiger partial charge on any atom is -0.341 e. The molecule has 10 heavy (non-hydrogen) atoms. The number of imide groups is 1. The smallest absolute Gasteiger partial charge is 0.321 e. The van der Waals surface area contributed by atoms with Crippen molar-refractivity contribution in [3.05, 3.63) is 0 Å². The number of urea groups is 1. The van der Waals surface area contributed by atoms with Crippen LogP contribution in [-0.2, 0) is 4.79 Å². The van der Waals surface area contributed by atoms with Gasteiger partial charge in [-0.3, -0.25) is 10.1 Å². The van der Waals surface area contributed by atoms with Crippen LogP contribution in [0.2, 0.25) is 0 Å². The maximum Gasteiger partial charge on any atom is 0.321 e. The second-order valence-electron chi connectivity index (χ2n) is 1.68. The minimum atomic E-state index is -0.683. The van der Waals surface area contributed by atoms with Crippen molar-refractivity contribution in [3.8, 4) is 0 Å². The Morgan fingerprint density at radius 1 is 1.50 bits per heavy atom. The Bertz CT molecular complexity index is 147. The van der Waals surface area contributed by atoms with E-state index in [9.17, 15) is 9.59 Å². The molecule has 0 saturated carbocycles. The van der Waals surface area contributed by atoms with Crippen LogP contribution in [0.25, 0.3) is 0 Å². The molecule has 1 atom stereocenters. The Morgan fingerprint density at radius 3 is 2.30 bits per heavy atom. The van der Waals surface area contributed by atoms with Gasteiger partial charge in [-0.05, 0) is 6.92 Å². The Balaban J connectivity index is 3.69. The molecule has 0 saturated heterocycles. The van der Waals surface area contributed by atoms with Crippen LogP contribution in [0.1, 0.15) is 6.92 Å². The van der Waals surface area contributed by atoms with Gasteiger partial charge in [0.05, 0.1) is 0 Å². The molecule has 0 aromatic heterocycles. The van der Waals surface area contributed by atoms with E-state index in [4.69, 9.17) is 11.6 Å². The normalized spacial score (nSPS) is 11.9. The van der Waals surface area contributed by atoms with Crippen molar-refractivity contribution in [2.45, 2.75) is 12.3 Å². The molecule has 0 aromatic carbocycles. The van der Waals surface area contributed by atoms with Crippen LogP contribution in [0.3, 0.4) is 0 Å². The van der Waals surface area contributed by atoms with Crippen molar-refractivity contribution < 1.29 is 9.59 Å². The van der Waals surface area contributed by atoms with Gasteiger partial charge in [0.15, 0.2) is 0 Å². The van der Waals surface area contributed by atoms with E-state index >= 15 is 0 Å². The maximum atomic E-state index is 10.6. The number of hydrogen-bond donors (Lipinski definition) is 2. The van der Waals surface area contributed by atoms with Gasteiger partial charge in [-0.25, -0.2) is 4.79 Å². The molecule has 0 spiro atoms. The number of nitrogens with one attached hydrogen (secondary N) is 2. The van der Waals surface area contributed by atoms with Gasteiger partial charge < -0.3 is 5.32 Å². The van der Waals surface area contributed by atoms with Crippen LogP contribution in [0.4, 0.5) is 4.79 Å². The van der Waals surface area contributed by atoms with E-state index in [-0.39, 0.29) is 0 Å². The Morgan fingerprint density at radius 2 is 2.00 bits per heavy atom. The highest BCUT2D eigenvalue weighted by molar-refractivity contribution is 6.31. The number of amides is 3. The van der Waals surface area contributed by atoms with E-state index in [0.29, 0.717) is 0 Å². The quantitative estimate of drug-likeness (QED) is 0.539. The molecule has 2 N–H and O–H groups in total. The predicted octanol–water partition coefficient (Wildman–Crippen LogP) is 0.0693. The van der Waals surface area contributed by atoms with Crippen LogP contribution in [0.5, 0.6) is 0 Å². The average Bonchev–Trinajstić information content (AvgIpc) is 1.87. The first-order chi connectivity index (χ1) is 4.57. The van der Waals surface area contributed by atoms with Gasteiger partial charge in [0, 0.05) is 7.05 Å². The Kier molecular flexibility index (Phi) is 3.79. The van der Waals surface area contributed by atoms with E-state index in [1.165, 1.54) is 14.0 Å². The van der Waals surface area contributed by atoms with Gasteiger partial charge in [0.1, 0.15) is 5.38 Å². The first-order valence-corrected chi connectivity index (χ1v) is 3.18. The number of halogens is 1. The van der Waals surface area contributed by atoms with Gasteiger partial charge in [0.25, 0.3) is 0 Å². The second-order valence-corrected chi connectivity index (χ2v) is 2.34. The zero-order valence-electron chi connectivity index (χ0n) is 5.77. The third-order valence-electron chi connectivity index (χ3n) is 0.825. The van der Waals surface area contributed by atoms with Crippen molar-refractivity contribution in [3.63, 3.8) is 0 Å². The summed E-state index contributed by atoms with van der Waals surface area (Å²) >= 11 is 5.34. The van der Waals surface area contributed by atoms with E-state index in [0.717, 1.165) is 0 Å². The van der Waals surface area contributed by atoms with Crippen LogP contribution in [0.15, 0.2) is 0 Å². The molecule has 0 fully saturated rings. The molecule has 0 aromatic rings. The molecule has 0 rings (SSSR count). The minimum absolute atomic E-state index is 0.499. The summed E-state index contributed by atoms with van der Waals surface area (Å²) in [5.41, 5.74) is 0. The number of rotatable bonds is 1. The number of carbonyl (C=O) groups excluding carboxylic acids is 2. The summed E-state index contributed by atoms with van der Waals surface area (Å²) in [5, 5.41) is 3.55. The molecule has 0 bridgehead atoms. The molecule has 0 unspecified atom stereocenters. The zero-order chi connectivity index (χ0) is 8.15. The second kappa shape index (κ2) is 4.11. The summed E-state index contributed by atoms with van der Waals surface area (Å²) in [6.07, 6.45) is 0. The van der Waals surface area contributed by atoms with Gasteiger partial charge in [-0.15, -0.1) is 11.6 Å². The lowest BCUT2D eigenvalue weighted by atomic mass is 10.4. The maximum absolute atomic E-state index is 10.6. The van der Waals surface area contributed by atoms with E-state index in [1.54, 1.807) is 0 Å². The summed E-state index contributed by atoms with van der Waals surface area (Å²) in [4.78, 5) is 21.0. The van der Waals surface area contributed by atoms with Crippen molar-refractivity contribution in [2.24, 2.45) is 0 Å². The van der Waals surface area contributed by atoms with Crippen LogP contribution in [-0.4, -0.2) is 24.4 Å². The van der Waals surface area contributed by atoms with Crippen molar-refractivity contribution in [2.75, 3.05) is 7.05 Å². The van der Waals surface area contributed by atoms with E-state index in [2.05, 4.69) is 5.32 Å². The topological polar surface area (TPSA) is 58.2 Å². The Labute approximate surface area is 63.9 Å². The van der Waals surface area contributed by atoms with E-state index < -0.39 is 17.3 Å². The van der Waals surface area contributed by atoms with Gasteiger partial charge in [0.2, 0.25) is 5.91 Å². The lowest BCUT2D eigenvalue weighted by Gasteiger charge is -2.02. The Hall–Kier alpha value is -0.770. The number of alkyl halides is 1. The highest BCUT2D eigenvalue weighted by Crippen LogP contribution is 1.91. The first-order valence-electron chi connectivity index (χ1n) is 2.74. The highest BCUT2D eigenvalue weighted by Gasteiger charge is 2.10. The molecular weight excluding hydrogens is 156 g/mol. The number of hydrogen-bond acceptors (Lipinski definition) is 2. The summed E-state index contributed by atoms with van der Waals surface area (Å²) in [7, 11) is 1.42. The molecule has 58 valence electrons. The molecule has 4 nitrogen and oxygen atoms in total. The predicted molar refractivity (Wildman–Crippen MR) is 37.9 cm³/mol. The first kappa shape index (κ1) is 9.23. The van der Waals surface area contributed by atoms with Gasteiger partial charge in [-0.1, -0.05) is 0 Å². The lowest BCUT2D eigenvalue weighted by molar-refractivity contribution is -0.119. The SMILES string of the molecule is CNC(=O)NC(=O)[C@@H](C)Cl. The van der Waals surface area contributed by atoms with Crippen molar-refractivity contribution in [1.82, 2.24) is 10.6 Å². The van der Waals surface area contributed by atoms with Crippen molar-refractivity contribution in [1.29, 1.82) is 0 Å².